The molecule has 1 saturated heterocycles. The summed E-state index contributed by atoms with van der Waals surface area (Å²) in [6.45, 7) is 6.43. The lowest BCUT2D eigenvalue weighted by atomic mass is 9.97. The van der Waals surface area contributed by atoms with Gasteiger partial charge in [0.1, 0.15) is 17.8 Å². The summed E-state index contributed by atoms with van der Waals surface area (Å²) in [6, 6.07) is 2.24. The highest BCUT2D eigenvalue weighted by Gasteiger charge is 2.30. The first-order valence-corrected chi connectivity index (χ1v) is 7.18. The maximum Gasteiger partial charge on any atom is 0.246 e. The van der Waals surface area contributed by atoms with Crippen molar-refractivity contribution in [3.63, 3.8) is 0 Å². The van der Waals surface area contributed by atoms with E-state index in [9.17, 15) is 4.79 Å². The number of fused-ring (bicyclic) bond motifs is 1. The predicted octanol–water partition coefficient (Wildman–Crippen LogP) is 1.94. The summed E-state index contributed by atoms with van der Waals surface area (Å²) in [5, 5.41) is 4.44. The van der Waals surface area contributed by atoms with Crippen molar-refractivity contribution in [3.05, 3.63) is 31.2 Å². The molecule has 0 unspecified atom stereocenters. The Labute approximate surface area is 123 Å². The van der Waals surface area contributed by atoms with Crippen molar-refractivity contribution in [2.24, 2.45) is 0 Å². The van der Waals surface area contributed by atoms with Gasteiger partial charge in [0.05, 0.1) is 5.39 Å². The van der Waals surface area contributed by atoms with Crippen LogP contribution in [0.2, 0.25) is 0 Å². The average Bonchev–Trinajstić information content (AvgIpc) is 2.98. The minimum atomic E-state index is -0.0107. The average molecular weight is 285 g/mol. The Bertz CT molecular complexity index is 665. The summed E-state index contributed by atoms with van der Waals surface area (Å²) in [5.41, 5.74) is 0.815. The van der Waals surface area contributed by atoms with Crippen molar-refractivity contribution in [1.82, 2.24) is 19.9 Å². The molecule has 2 N–H and O–H groups in total. The third-order valence-corrected chi connectivity index (χ3v) is 4.12. The lowest BCUT2D eigenvalue weighted by Gasteiger charge is -2.39. The molecule has 1 fully saturated rings. The van der Waals surface area contributed by atoms with Gasteiger partial charge in [-0.25, -0.2) is 9.97 Å². The second-order valence-corrected chi connectivity index (χ2v) is 5.33. The lowest BCUT2D eigenvalue weighted by Crippen LogP contribution is -2.51. The normalized spacial score (nSPS) is 22.2. The topological polar surface area (TPSA) is 73.9 Å². The SMILES string of the molecule is C=CC(=O)N1CCC[C@@H](Nc2ncnc3[nH]ccc23)[C@H]1C. The van der Waals surface area contributed by atoms with Gasteiger partial charge in [-0.15, -0.1) is 0 Å². The molecule has 3 rings (SSSR count). The quantitative estimate of drug-likeness (QED) is 0.845. The maximum atomic E-state index is 11.9. The maximum absolute atomic E-state index is 11.9. The Morgan fingerprint density at radius 2 is 2.43 bits per heavy atom. The molecular formula is C15H19N5O. The van der Waals surface area contributed by atoms with Crippen LogP contribution in [0.1, 0.15) is 19.8 Å². The Morgan fingerprint density at radius 3 is 3.24 bits per heavy atom. The number of carbonyl (C=O) groups excluding carboxylic acids is 1. The zero-order valence-electron chi connectivity index (χ0n) is 12.0. The molecule has 2 atom stereocenters. The van der Waals surface area contributed by atoms with E-state index in [0.29, 0.717) is 0 Å². The van der Waals surface area contributed by atoms with Crippen LogP contribution in [-0.2, 0) is 4.79 Å². The number of rotatable bonds is 3. The van der Waals surface area contributed by atoms with Crippen LogP contribution in [0.5, 0.6) is 0 Å². The second-order valence-electron chi connectivity index (χ2n) is 5.33. The zero-order valence-corrected chi connectivity index (χ0v) is 12.0. The molecule has 1 aliphatic rings. The predicted molar refractivity (Wildman–Crippen MR) is 81.9 cm³/mol. The number of amides is 1. The van der Waals surface area contributed by atoms with Crippen LogP contribution in [0.4, 0.5) is 5.82 Å². The fourth-order valence-electron chi connectivity index (χ4n) is 2.93. The van der Waals surface area contributed by atoms with E-state index in [2.05, 4.69) is 33.8 Å². The van der Waals surface area contributed by atoms with Crippen molar-refractivity contribution >= 4 is 22.8 Å². The molecule has 1 amide bonds. The number of nitrogens with zero attached hydrogens (tertiary/aromatic N) is 3. The minimum Gasteiger partial charge on any atom is -0.365 e. The molecule has 6 heteroatoms. The minimum absolute atomic E-state index is 0.0107. The summed E-state index contributed by atoms with van der Waals surface area (Å²) < 4.78 is 0. The van der Waals surface area contributed by atoms with E-state index in [1.54, 1.807) is 6.33 Å². The largest absolute Gasteiger partial charge is 0.365 e. The van der Waals surface area contributed by atoms with Crippen LogP contribution in [0.3, 0.4) is 0 Å². The Hall–Kier alpha value is -2.37. The molecule has 0 radical (unpaired) electrons. The summed E-state index contributed by atoms with van der Waals surface area (Å²) >= 11 is 0. The van der Waals surface area contributed by atoms with Gasteiger partial charge in [-0.3, -0.25) is 4.79 Å². The van der Waals surface area contributed by atoms with E-state index in [1.807, 2.05) is 17.2 Å². The molecule has 0 spiro atoms. The van der Waals surface area contributed by atoms with Gasteiger partial charge in [0.25, 0.3) is 0 Å². The van der Waals surface area contributed by atoms with Crippen molar-refractivity contribution in [3.8, 4) is 0 Å². The van der Waals surface area contributed by atoms with E-state index in [-0.39, 0.29) is 18.0 Å². The Kier molecular flexibility index (Phi) is 3.60. The third-order valence-electron chi connectivity index (χ3n) is 4.12. The molecule has 21 heavy (non-hydrogen) atoms. The molecule has 6 nitrogen and oxygen atoms in total. The molecular weight excluding hydrogens is 266 g/mol. The van der Waals surface area contributed by atoms with Gasteiger partial charge < -0.3 is 15.2 Å². The van der Waals surface area contributed by atoms with E-state index in [4.69, 9.17) is 0 Å². The van der Waals surface area contributed by atoms with E-state index < -0.39 is 0 Å². The summed E-state index contributed by atoms with van der Waals surface area (Å²) in [7, 11) is 0. The van der Waals surface area contributed by atoms with Crippen molar-refractivity contribution in [1.29, 1.82) is 0 Å². The van der Waals surface area contributed by atoms with Crippen LogP contribution in [0.15, 0.2) is 31.2 Å². The number of nitrogens with one attached hydrogen (secondary N) is 2. The first-order valence-electron chi connectivity index (χ1n) is 7.18. The first-order chi connectivity index (χ1) is 10.2. The number of H-pyrrole nitrogens is 1. The van der Waals surface area contributed by atoms with Crippen LogP contribution in [0.25, 0.3) is 11.0 Å². The van der Waals surface area contributed by atoms with Crippen molar-refractivity contribution < 1.29 is 4.79 Å². The number of carbonyl (C=O) groups is 1. The monoisotopic (exact) mass is 285 g/mol. The highest BCUT2D eigenvalue weighted by molar-refractivity contribution is 5.88. The zero-order chi connectivity index (χ0) is 14.8. The lowest BCUT2D eigenvalue weighted by molar-refractivity contribution is -0.129. The first kappa shape index (κ1) is 13.6. The van der Waals surface area contributed by atoms with Gasteiger partial charge in [0.2, 0.25) is 5.91 Å². The fourth-order valence-corrected chi connectivity index (χ4v) is 2.93. The highest BCUT2D eigenvalue weighted by Crippen LogP contribution is 2.24. The second kappa shape index (κ2) is 5.55. The number of hydrogen-bond acceptors (Lipinski definition) is 4. The molecule has 2 aromatic rings. The summed E-state index contributed by atoms with van der Waals surface area (Å²) in [5.74, 6) is 0.800. The molecule has 0 bridgehead atoms. The van der Waals surface area contributed by atoms with E-state index in [0.717, 1.165) is 36.2 Å². The van der Waals surface area contributed by atoms with Crippen LogP contribution in [-0.4, -0.2) is 44.4 Å². The number of hydrogen-bond donors (Lipinski definition) is 2. The molecule has 0 saturated carbocycles. The number of anilines is 1. The molecule has 0 aliphatic carbocycles. The number of aromatic nitrogens is 3. The third kappa shape index (κ3) is 2.49. The van der Waals surface area contributed by atoms with Crippen LogP contribution in [0, 0.1) is 0 Å². The summed E-state index contributed by atoms with van der Waals surface area (Å²) in [6.07, 6.45) is 6.76. The van der Waals surface area contributed by atoms with Crippen LogP contribution >= 0.6 is 0 Å². The van der Waals surface area contributed by atoms with E-state index >= 15 is 0 Å². The summed E-state index contributed by atoms with van der Waals surface area (Å²) in [4.78, 5) is 25.4. The van der Waals surface area contributed by atoms with Crippen molar-refractivity contribution in [2.45, 2.75) is 31.8 Å². The molecule has 3 heterocycles. The van der Waals surface area contributed by atoms with Crippen molar-refractivity contribution in [2.75, 3.05) is 11.9 Å². The van der Waals surface area contributed by atoms with Gasteiger partial charge in [-0.1, -0.05) is 6.58 Å². The van der Waals surface area contributed by atoms with E-state index in [1.165, 1.54) is 6.08 Å². The molecule has 110 valence electrons. The molecule has 1 aliphatic heterocycles. The highest BCUT2D eigenvalue weighted by atomic mass is 16.2. The van der Waals surface area contributed by atoms with Gasteiger partial charge in [0, 0.05) is 24.8 Å². The van der Waals surface area contributed by atoms with Gasteiger partial charge in [-0.2, -0.15) is 0 Å². The van der Waals surface area contributed by atoms with Gasteiger partial charge in [-0.05, 0) is 31.9 Å². The Morgan fingerprint density at radius 1 is 1.57 bits per heavy atom. The fraction of sp³-hybridized carbons (Fsp3) is 0.400. The number of piperidine rings is 1. The molecule has 2 aromatic heterocycles. The Balaban J connectivity index is 1.82. The smallest absolute Gasteiger partial charge is 0.246 e. The number of aromatic amines is 1. The standard InChI is InChI=1S/C15H19N5O/c1-3-13(21)20-8-4-5-12(10(20)2)19-15-11-6-7-16-14(11)17-9-18-15/h3,6-7,9-10,12H,1,4-5,8H2,2H3,(H2,16,17,18,19)/t10-,12-/m1/s1. The van der Waals surface area contributed by atoms with Gasteiger partial charge >= 0.3 is 0 Å². The van der Waals surface area contributed by atoms with Crippen LogP contribution < -0.4 is 5.32 Å². The molecule has 0 aromatic carbocycles. The number of likely N-dealkylation sites (tertiary alicyclic amines) is 1. The van der Waals surface area contributed by atoms with Gasteiger partial charge in [0.15, 0.2) is 0 Å².